The minimum absolute atomic E-state index is 0.186. The highest BCUT2D eigenvalue weighted by Gasteiger charge is 2.09. The van der Waals surface area contributed by atoms with Gasteiger partial charge in [-0.15, -0.1) is 0 Å². The fraction of sp³-hybridized carbons (Fsp3) is 0.333. The van der Waals surface area contributed by atoms with Crippen LogP contribution in [0.5, 0.6) is 0 Å². The fourth-order valence-corrected chi connectivity index (χ4v) is 1.36. The third-order valence-corrected chi connectivity index (χ3v) is 2.25. The van der Waals surface area contributed by atoms with Gasteiger partial charge in [0.2, 0.25) is 0 Å². The molecule has 0 saturated heterocycles. The molecule has 0 heterocycles. The van der Waals surface area contributed by atoms with Gasteiger partial charge >= 0.3 is 0 Å². The SMILES string of the molecule is CC(C)c1cc(F)c(F)c(Br)c1. The highest BCUT2D eigenvalue weighted by Crippen LogP contribution is 2.24. The van der Waals surface area contributed by atoms with E-state index in [2.05, 4.69) is 15.9 Å². The van der Waals surface area contributed by atoms with Gasteiger partial charge < -0.3 is 0 Å². The third kappa shape index (κ3) is 1.83. The topological polar surface area (TPSA) is 0 Å². The molecule has 0 aliphatic carbocycles. The first kappa shape index (κ1) is 9.65. The van der Waals surface area contributed by atoms with E-state index in [0.29, 0.717) is 0 Å². The maximum atomic E-state index is 12.8. The molecule has 12 heavy (non-hydrogen) atoms. The van der Waals surface area contributed by atoms with Gasteiger partial charge in [-0.3, -0.25) is 0 Å². The Labute approximate surface area is 78.7 Å². The Kier molecular flexibility index (Phi) is 2.83. The van der Waals surface area contributed by atoms with Crippen molar-refractivity contribution < 1.29 is 8.78 Å². The van der Waals surface area contributed by atoms with Crippen molar-refractivity contribution in [3.8, 4) is 0 Å². The molecule has 0 fully saturated rings. The Bertz CT molecular complexity index is 272. The normalized spacial score (nSPS) is 10.8. The molecule has 0 unspecified atom stereocenters. The number of halogens is 3. The maximum Gasteiger partial charge on any atom is 0.172 e. The Morgan fingerprint density at radius 3 is 2.25 bits per heavy atom. The molecule has 66 valence electrons. The summed E-state index contributed by atoms with van der Waals surface area (Å²) in [7, 11) is 0. The summed E-state index contributed by atoms with van der Waals surface area (Å²) in [5.74, 6) is -1.41. The Hall–Kier alpha value is -0.440. The molecular formula is C9H9BrF2. The van der Waals surface area contributed by atoms with Gasteiger partial charge in [-0.1, -0.05) is 13.8 Å². The van der Waals surface area contributed by atoms with E-state index in [4.69, 9.17) is 0 Å². The lowest BCUT2D eigenvalue weighted by Gasteiger charge is -2.06. The first-order valence-electron chi connectivity index (χ1n) is 3.67. The average Bonchev–Trinajstić information content (AvgIpc) is 1.99. The number of rotatable bonds is 1. The van der Waals surface area contributed by atoms with Crippen LogP contribution in [-0.4, -0.2) is 0 Å². The molecule has 0 bridgehead atoms. The van der Waals surface area contributed by atoms with E-state index in [1.807, 2.05) is 13.8 Å². The van der Waals surface area contributed by atoms with E-state index in [1.165, 1.54) is 6.07 Å². The zero-order valence-corrected chi connectivity index (χ0v) is 8.45. The van der Waals surface area contributed by atoms with E-state index < -0.39 is 11.6 Å². The molecule has 0 amide bonds. The van der Waals surface area contributed by atoms with Crippen LogP contribution in [-0.2, 0) is 0 Å². The highest BCUT2D eigenvalue weighted by atomic mass is 79.9. The van der Waals surface area contributed by atoms with Crippen LogP contribution in [0.3, 0.4) is 0 Å². The molecule has 0 atom stereocenters. The van der Waals surface area contributed by atoms with Crippen LogP contribution in [0, 0.1) is 11.6 Å². The predicted octanol–water partition coefficient (Wildman–Crippen LogP) is 3.85. The van der Waals surface area contributed by atoms with Crippen molar-refractivity contribution in [1.29, 1.82) is 0 Å². The molecule has 3 heteroatoms. The largest absolute Gasteiger partial charge is 0.204 e. The van der Waals surface area contributed by atoms with E-state index in [1.54, 1.807) is 6.07 Å². The van der Waals surface area contributed by atoms with Crippen LogP contribution in [0.1, 0.15) is 25.3 Å². The van der Waals surface area contributed by atoms with Crippen LogP contribution in [0.4, 0.5) is 8.78 Å². The molecule has 0 radical (unpaired) electrons. The Balaban J connectivity index is 3.21. The molecule has 0 spiro atoms. The molecule has 0 saturated carbocycles. The average molecular weight is 235 g/mol. The van der Waals surface area contributed by atoms with Crippen molar-refractivity contribution >= 4 is 15.9 Å². The number of hydrogen-bond acceptors (Lipinski definition) is 0. The molecule has 0 N–H and O–H groups in total. The second kappa shape index (κ2) is 3.52. The smallest absolute Gasteiger partial charge is 0.172 e. The van der Waals surface area contributed by atoms with Crippen LogP contribution in [0.15, 0.2) is 16.6 Å². The molecule has 0 aliphatic heterocycles. The second-order valence-corrected chi connectivity index (χ2v) is 3.81. The van der Waals surface area contributed by atoms with Gasteiger partial charge in [0.15, 0.2) is 11.6 Å². The summed E-state index contributed by atoms with van der Waals surface area (Å²) in [4.78, 5) is 0. The highest BCUT2D eigenvalue weighted by molar-refractivity contribution is 9.10. The van der Waals surface area contributed by atoms with Crippen LogP contribution >= 0.6 is 15.9 Å². The lowest BCUT2D eigenvalue weighted by atomic mass is 10.0. The monoisotopic (exact) mass is 234 g/mol. The quantitative estimate of drug-likeness (QED) is 0.648. The number of benzene rings is 1. The predicted molar refractivity (Wildman–Crippen MR) is 48.1 cm³/mol. The molecule has 1 aromatic rings. The first-order valence-corrected chi connectivity index (χ1v) is 4.46. The minimum atomic E-state index is -0.820. The van der Waals surface area contributed by atoms with Crippen LogP contribution < -0.4 is 0 Å². The third-order valence-electron chi connectivity index (χ3n) is 1.67. The lowest BCUT2D eigenvalue weighted by molar-refractivity contribution is 0.501. The number of hydrogen-bond donors (Lipinski definition) is 0. The molecule has 0 nitrogen and oxygen atoms in total. The molecule has 1 aromatic carbocycles. The molecule has 0 aromatic heterocycles. The first-order chi connectivity index (χ1) is 5.52. The molecule has 0 aliphatic rings. The van der Waals surface area contributed by atoms with Crippen molar-refractivity contribution in [2.45, 2.75) is 19.8 Å². The summed E-state index contributed by atoms with van der Waals surface area (Å²) in [6, 6.07) is 2.83. The standard InChI is InChI=1S/C9H9BrF2/c1-5(2)6-3-7(10)9(12)8(11)4-6/h3-5H,1-2H3. The van der Waals surface area contributed by atoms with Gasteiger partial charge in [0.25, 0.3) is 0 Å². The van der Waals surface area contributed by atoms with Gasteiger partial charge in [0, 0.05) is 0 Å². The summed E-state index contributed by atoms with van der Waals surface area (Å²) in [6.07, 6.45) is 0. The Morgan fingerprint density at radius 1 is 1.25 bits per heavy atom. The Morgan fingerprint density at radius 2 is 1.83 bits per heavy atom. The van der Waals surface area contributed by atoms with Crippen molar-refractivity contribution in [2.75, 3.05) is 0 Å². The van der Waals surface area contributed by atoms with E-state index in [-0.39, 0.29) is 10.4 Å². The van der Waals surface area contributed by atoms with Crippen LogP contribution in [0.2, 0.25) is 0 Å². The van der Waals surface area contributed by atoms with Crippen LogP contribution in [0.25, 0.3) is 0 Å². The minimum Gasteiger partial charge on any atom is -0.204 e. The summed E-state index contributed by atoms with van der Waals surface area (Å²) >= 11 is 2.95. The van der Waals surface area contributed by atoms with E-state index >= 15 is 0 Å². The zero-order valence-electron chi connectivity index (χ0n) is 6.87. The summed E-state index contributed by atoms with van der Waals surface area (Å²) in [5, 5.41) is 0. The van der Waals surface area contributed by atoms with Gasteiger partial charge in [-0.05, 0) is 39.5 Å². The summed E-state index contributed by atoms with van der Waals surface area (Å²) < 4.78 is 25.7. The van der Waals surface area contributed by atoms with Gasteiger partial charge in [0.1, 0.15) is 0 Å². The van der Waals surface area contributed by atoms with Gasteiger partial charge in [-0.25, -0.2) is 8.78 Å². The van der Waals surface area contributed by atoms with Gasteiger partial charge in [0.05, 0.1) is 4.47 Å². The van der Waals surface area contributed by atoms with E-state index in [0.717, 1.165) is 5.56 Å². The molecule has 1 rings (SSSR count). The summed E-state index contributed by atoms with van der Waals surface area (Å²) in [5.41, 5.74) is 0.792. The van der Waals surface area contributed by atoms with E-state index in [9.17, 15) is 8.78 Å². The maximum absolute atomic E-state index is 12.8. The second-order valence-electron chi connectivity index (χ2n) is 2.95. The lowest BCUT2D eigenvalue weighted by Crippen LogP contribution is -1.93. The fourth-order valence-electron chi connectivity index (χ4n) is 0.908. The molecular weight excluding hydrogens is 226 g/mol. The van der Waals surface area contributed by atoms with Gasteiger partial charge in [-0.2, -0.15) is 0 Å². The van der Waals surface area contributed by atoms with Crippen molar-refractivity contribution in [1.82, 2.24) is 0 Å². The van der Waals surface area contributed by atoms with Crippen molar-refractivity contribution in [2.24, 2.45) is 0 Å². The van der Waals surface area contributed by atoms with Crippen molar-refractivity contribution in [3.05, 3.63) is 33.8 Å². The summed E-state index contributed by atoms with van der Waals surface area (Å²) in [6.45, 7) is 3.86. The van der Waals surface area contributed by atoms with Crippen molar-refractivity contribution in [3.63, 3.8) is 0 Å². The zero-order chi connectivity index (χ0) is 9.30.